The molecule has 0 aliphatic rings. The molecule has 0 aliphatic carbocycles. The lowest BCUT2D eigenvalue weighted by Gasteiger charge is -2.21. The first-order valence-corrected chi connectivity index (χ1v) is 8.00. The second kappa shape index (κ2) is 7.62. The van der Waals surface area contributed by atoms with Crippen molar-refractivity contribution in [2.24, 2.45) is 0 Å². The largest absolute Gasteiger partial charge is 0.444 e. The van der Waals surface area contributed by atoms with Gasteiger partial charge in [0.1, 0.15) is 23.9 Å². The first-order chi connectivity index (χ1) is 11.7. The maximum absolute atomic E-state index is 11.6. The van der Waals surface area contributed by atoms with Gasteiger partial charge in [0.05, 0.1) is 11.6 Å². The molecule has 8 heteroatoms. The van der Waals surface area contributed by atoms with Crippen molar-refractivity contribution in [2.45, 2.75) is 45.0 Å². The van der Waals surface area contributed by atoms with Crippen molar-refractivity contribution in [3.05, 3.63) is 30.1 Å². The Bertz CT molecular complexity index is 745. The molecule has 0 aliphatic heterocycles. The van der Waals surface area contributed by atoms with Crippen LogP contribution in [0.2, 0.25) is 0 Å². The van der Waals surface area contributed by atoms with Crippen LogP contribution in [0.5, 0.6) is 0 Å². The molecule has 1 aromatic heterocycles. The molecule has 0 saturated heterocycles. The van der Waals surface area contributed by atoms with E-state index in [-0.39, 0.29) is 13.0 Å². The SMILES string of the molecule is CC(C)(C)OC(=O)NCCC(O)C(O)c1ccc2ncnc(N)c2c1. The third-order valence-corrected chi connectivity index (χ3v) is 3.50. The Hall–Kier alpha value is -2.45. The second-order valence-corrected chi connectivity index (χ2v) is 6.77. The van der Waals surface area contributed by atoms with Gasteiger partial charge in [0.25, 0.3) is 0 Å². The molecule has 2 unspecified atom stereocenters. The van der Waals surface area contributed by atoms with Crippen LogP contribution in [0.4, 0.5) is 10.6 Å². The van der Waals surface area contributed by atoms with Gasteiger partial charge in [-0.15, -0.1) is 0 Å². The number of fused-ring (bicyclic) bond motifs is 1. The molecule has 0 radical (unpaired) electrons. The zero-order chi connectivity index (χ0) is 18.6. The van der Waals surface area contributed by atoms with Gasteiger partial charge < -0.3 is 26.0 Å². The van der Waals surface area contributed by atoms with Crippen molar-refractivity contribution in [3.8, 4) is 0 Å². The van der Waals surface area contributed by atoms with Crippen LogP contribution >= 0.6 is 0 Å². The standard InChI is InChI=1S/C17H24N4O4/c1-17(2,3)25-16(24)19-7-6-13(22)14(23)10-4-5-12-11(8-10)15(18)21-9-20-12/h4-5,8-9,13-14,22-23H,6-7H2,1-3H3,(H,19,24)(H2,18,20,21). The van der Waals surface area contributed by atoms with E-state index in [2.05, 4.69) is 15.3 Å². The average Bonchev–Trinajstić information content (AvgIpc) is 2.52. The van der Waals surface area contributed by atoms with E-state index in [1.807, 2.05) is 0 Å². The van der Waals surface area contributed by atoms with E-state index in [0.29, 0.717) is 22.3 Å². The van der Waals surface area contributed by atoms with Crippen LogP contribution in [-0.4, -0.2) is 44.5 Å². The van der Waals surface area contributed by atoms with Gasteiger partial charge in [-0.05, 0) is 44.9 Å². The van der Waals surface area contributed by atoms with Crippen LogP contribution < -0.4 is 11.1 Å². The predicted octanol–water partition coefficient (Wildman–Crippen LogP) is 1.52. The van der Waals surface area contributed by atoms with Crippen LogP contribution in [0.1, 0.15) is 38.9 Å². The molecule has 2 aromatic rings. The van der Waals surface area contributed by atoms with E-state index in [0.717, 1.165) is 0 Å². The van der Waals surface area contributed by atoms with E-state index < -0.39 is 23.9 Å². The highest BCUT2D eigenvalue weighted by Gasteiger charge is 2.20. The zero-order valence-corrected chi connectivity index (χ0v) is 14.6. The molecule has 0 fully saturated rings. The molecular formula is C17H24N4O4. The molecule has 8 nitrogen and oxygen atoms in total. The lowest BCUT2D eigenvalue weighted by Crippen LogP contribution is -2.34. The van der Waals surface area contributed by atoms with Gasteiger partial charge in [0.2, 0.25) is 0 Å². The van der Waals surface area contributed by atoms with E-state index in [9.17, 15) is 15.0 Å². The fourth-order valence-corrected chi connectivity index (χ4v) is 2.29. The Kier molecular flexibility index (Phi) is 5.76. The third-order valence-electron chi connectivity index (χ3n) is 3.50. The zero-order valence-electron chi connectivity index (χ0n) is 14.6. The third kappa shape index (κ3) is 5.27. The lowest BCUT2D eigenvalue weighted by atomic mass is 10.0. The summed E-state index contributed by atoms with van der Waals surface area (Å²) in [5, 5.41) is 23.6. The number of nitrogen functional groups attached to an aromatic ring is 1. The molecule has 0 spiro atoms. The summed E-state index contributed by atoms with van der Waals surface area (Å²) in [6.45, 7) is 5.47. The predicted molar refractivity (Wildman–Crippen MR) is 93.8 cm³/mol. The van der Waals surface area contributed by atoms with Gasteiger partial charge in [-0.25, -0.2) is 14.8 Å². The number of aromatic nitrogens is 2. The number of nitrogens with two attached hydrogens (primary N) is 1. The monoisotopic (exact) mass is 348 g/mol. The summed E-state index contributed by atoms with van der Waals surface area (Å²) < 4.78 is 5.10. The van der Waals surface area contributed by atoms with Crippen molar-refractivity contribution < 1.29 is 19.7 Å². The van der Waals surface area contributed by atoms with Crippen molar-refractivity contribution in [1.29, 1.82) is 0 Å². The van der Waals surface area contributed by atoms with Gasteiger partial charge >= 0.3 is 6.09 Å². The van der Waals surface area contributed by atoms with E-state index in [4.69, 9.17) is 10.5 Å². The van der Waals surface area contributed by atoms with Crippen LogP contribution in [-0.2, 0) is 4.74 Å². The molecule has 2 atom stereocenters. The highest BCUT2D eigenvalue weighted by molar-refractivity contribution is 5.88. The maximum atomic E-state index is 11.6. The number of nitrogens with one attached hydrogen (secondary N) is 1. The molecular weight excluding hydrogens is 324 g/mol. The smallest absolute Gasteiger partial charge is 0.407 e. The second-order valence-electron chi connectivity index (χ2n) is 6.77. The number of anilines is 1. The summed E-state index contributed by atoms with van der Waals surface area (Å²) in [7, 11) is 0. The number of rotatable bonds is 5. The number of alkyl carbamates (subject to hydrolysis) is 1. The summed E-state index contributed by atoms with van der Waals surface area (Å²) >= 11 is 0. The quantitative estimate of drug-likeness (QED) is 0.644. The number of benzene rings is 1. The van der Waals surface area contributed by atoms with Crippen LogP contribution in [0.25, 0.3) is 10.9 Å². The number of aliphatic hydroxyl groups is 2. The number of carbonyl (C=O) groups is 1. The molecule has 2 rings (SSSR count). The maximum Gasteiger partial charge on any atom is 0.407 e. The highest BCUT2D eigenvalue weighted by atomic mass is 16.6. The lowest BCUT2D eigenvalue weighted by molar-refractivity contribution is 0.0124. The van der Waals surface area contributed by atoms with Crippen LogP contribution in [0, 0.1) is 0 Å². The summed E-state index contributed by atoms with van der Waals surface area (Å²) in [4.78, 5) is 19.6. The molecule has 1 amide bonds. The Morgan fingerprint density at radius 1 is 1.32 bits per heavy atom. The fraction of sp³-hybridized carbons (Fsp3) is 0.471. The first kappa shape index (κ1) is 18.9. The summed E-state index contributed by atoms with van der Waals surface area (Å²) in [6.07, 6.45) is -1.21. The Labute approximate surface area is 146 Å². The van der Waals surface area contributed by atoms with Crippen LogP contribution in [0.15, 0.2) is 24.5 Å². The Morgan fingerprint density at radius 3 is 2.72 bits per heavy atom. The van der Waals surface area contributed by atoms with Crippen molar-refractivity contribution in [2.75, 3.05) is 12.3 Å². The minimum absolute atomic E-state index is 0.166. The van der Waals surface area contributed by atoms with E-state index in [1.54, 1.807) is 39.0 Å². The summed E-state index contributed by atoms with van der Waals surface area (Å²) in [5.41, 5.74) is 6.38. The Morgan fingerprint density at radius 2 is 2.04 bits per heavy atom. The molecule has 1 heterocycles. The highest BCUT2D eigenvalue weighted by Crippen LogP contribution is 2.24. The summed E-state index contributed by atoms with van der Waals surface area (Å²) in [5.74, 6) is 0.306. The Balaban J connectivity index is 1.95. The number of amides is 1. The van der Waals surface area contributed by atoms with Crippen molar-refractivity contribution in [3.63, 3.8) is 0 Å². The molecule has 25 heavy (non-hydrogen) atoms. The van der Waals surface area contributed by atoms with Gasteiger partial charge in [0.15, 0.2) is 0 Å². The number of hydrogen-bond acceptors (Lipinski definition) is 7. The molecule has 1 aromatic carbocycles. The topological polar surface area (TPSA) is 131 Å². The van der Waals surface area contributed by atoms with E-state index in [1.165, 1.54) is 6.33 Å². The number of aliphatic hydroxyl groups excluding tert-OH is 2. The number of hydrogen-bond donors (Lipinski definition) is 4. The normalized spacial score (nSPS) is 14.1. The minimum Gasteiger partial charge on any atom is -0.444 e. The number of carbonyl (C=O) groups excluding carboxylic acids is 1. The average molecular weight is 348 g/mol. The van der Waals surface area contributed by atoms with Crippen molar-refractivity contribution >= 4 is 22.8 Å². The van der Waals surface area contributed by atoms with E-state index >= 15 is 0 Å². The number of ether oxygens (including phenoxy) is 1. The molecule has 0 saturated carbocycles. The first-order valence-electron chi connectivity index (χ1n) is 8.00. The van der Waals surface area contributed by atoms with Crippen molar-refractivity contribution in [1.82, 2.24) is 15.3 Å². The molecule has 0 bridgehead atoms. The van der Waals surface area contributed by atoms with Gasteiger partial charge in [-0.3, -0.25) is 0 Å². The molecule has 136 valence electrons. The van der Waals surface area contributed by atoms with Gasteiger partial charge in [-0.2, -0.15) is 0 Å². The minimum atomic E-state index is -1.12. The van der Waals surface area contributed by atoms with Gasteiger partial charge in [0, 0.05) is 11.9 Å². The fourth-order valence-electron chi connectivity index (χ4n) is 2.29. The van der Waals surface area contributed by atoms with Gasteiger partial charge in [-0.1, -0.05) is 6.07 Å². The number of nitrogens with zero attached hydrogens (tertiary/aromatic N) is 2. The molecule has 5 N–H and O–H groups in total. The summed E-state index contributed by atoms with van der Waals surface area (Å²) in [6, 6.07) is 5.03. The van der Waals surface area contributed by atoms with Crippen LogP contribution in [0.3, 0.4) is 0 Å².